The van der Waals surface area contributed by atoms with Gasteiger partial charge in [-0.15, -0.1) is 0 Å². The average Bonchev–Trinajstić information content (AvgIpc) is 2.73. The van der Waals surface area contributed by atoms with Crippen LogP contribution >= 0.6 is 0 Å². The van der Waals surface area contributed by atoms with Crippen molar-refractivity contribution in [3.8, 4) is 0 Å². The smallest absolute Gasteiger partial charge is 0.331 e. The fourth-order valence-corrected chi connectivity index (χ4v) is 2.03. The van der Waals surface area contributed by atoms with E-state index in [9.17, 15) is 9.59 Å². The largest absolute Gasteiger partial charge is 0.491 e. The molecule has 0 unspecified atom stereocenters. The number of esters is 2. The molecule has 0 bridgehead atoms. The van der Waals surface area contributed by atoms with Gasteiger partial charge in [0.2, 0.25) is 0 Å². The Morgan fingerprint density at radius 1 is 0.633 bits per heavy atom. The quantitative estimate of drug-likeness (QED) is 0.1000. The highest BCUT2D eigenvalue weighted by atomic mass is 16.6. The van der Waals surface area contributed by atoms with Gasteiger partial charge in [-0.1, -0.05) is 64.8 Å². The Morgan fingerprint density at radius 3 is 1.37 bits per heavy atom. The molecule has 0 aliphatic rings. The summed E-state index contributed by atoms with van der Waals surface area (Å²) in [4.78, 5) is 23.1. The number of hydrogen-bond donors (Lipinski definition) is 0. The number of allylic oxidation sites excluding steroid dienone is 4. The van der Waals surface area contributed by atoms with Crippen molar-refractivity contribution in [2.24, 2.45) is 0 Å². The average molecular weight is 421 g/mol. The third-order valence-electron chi connectivity index (χ3n) is 3.64. The van der Waals surface area contributed by atoms with Gasteiger partial charge in [0.25, 0.3) is 0 Å². The lowest BCUT2D eigenvalue weighted by atomic mass is 10.2. The third-order valence-corrected chi connectivity index (χ3v) is 3.64. The van der Waals surface area contributed by atoms with Crippen LogP contribution in [0.2, 0.25) is 0 Å². The number of hydrogen-bond acceptors (Lipinski definition) is 6. The lowest BCUT2D eigenvalue weighted by Crippen LogP contribution is -2.10. The minimum absolute atomic E-state index is 0.0573. The molecule has 0 aromatic carbocycles. The summed E-state index contributed by atoms with van der Waals surface area (Å²) in [6, 6.07) is 0. The number of carbonyl (C=O) groups excluding carboxylic acids is 2. The standard InChI is InChI=1S/C24H36O6/c1-5-7-9-11-13-21(3)27-17-19-29-23(25)15-16-24(26)30-20-18-28-22(4)14-12-10-8-6-2/h11-16H,3-10,17-20H2,1-2H3/b13-11?,14-12?,16-15-. The normalized spacial score (nSPS) is 11.1. The van der Waals surface area contributed by atoms with Crippen LogP contribution in [0, 0.1) is 0 Å². The van der Waals surface area contributed by atoms with E-state index in [-0.39, 0.29) is 26.4 Å². The van der Waals surface area contributed by atoms with Gasteiger partial charge in [-0.2, -0.15) is 0 Å². The summed E-state index contributed by atoms with van der Waals surface area (Å²) >= 11 is 0. The molecule has 0 atom stereocenters. The molecule has 0 saturated heterocycles. The minimum atomic E-state index is -0.651. The van der Waals surface area contributed by atoms with Crippen LogP contribution < -0.4 is 0 Å². The van der Waals surface area contributed by atoms with Crippen LogP contribution in [0.5, 0.6) is 0 Å². The van der Waals surface area contributed by atoms with Gasteiger partial charge in [-0.25, -0.2) is 9.59 Å². The number of carbonyl (C=O) groups is 2. The maximum Gasteiger partial charge on any atom is 0.331 e. The van der Waals surface area contributed by atoms with Crippen LogP contribution in [0.3, 0.4) is 0 Å². The molecule has 0 radical (unpaired) electrons. The van der Waals surface area contributed by atoms with E-state index in [1.54, 1.807) is 12.2 Å². The SMILES string of the molecule is C=C(C=CCCCC)OCCOC(=O)/C=C\C(=O)OCCOC(=C)C=CCCCC. The molecule has 0 aliphatic carbocycles. The van der Waals surface area contributed by atoms with E-state index in [1.165, 1.54) is 0 Å². The molecular weight excluding hydrogens is 384 g/mol. The second kappa shape index (κ2) is 19.6. The lowest BCUT2D eigenvalue weighted by Gasteiger charge is -2.06. The van der Waals surface area contributed by atoms with Crippen molar-refractivity contribution in [1.29, 1.82) is 0 Å². The van der Waals surface area contributed by atoms with Crippen molar-refractivity contribution < 1.29 is 28.5 Å². The summed E-state index contributed by atoms with van der Waals surface area (Å²) in [6.45, 7) is 12.3. The van der Waals surface area contributed by atoms with Crippen LogP contribution in [-0.2, 0) is 28.5 Å². The van der Waals surface area contributed by atoms with E-state index < -0.39 is 11.9 Å². The fraction of sp³-hybridized carbons (Fsp3) is 0.500. The highest BCUT2D eigenvalue weighted by Crippen LogP contribution is 2.02. The van der Waals surface area contributed by atoms with Gasteiger partial charge >= 0.3 is 11.9 Å². The summed E-state index contributed by atoms with van der Waals surface area (Å²) in [5.41, 5.74) is 0. The monoisotopic (exact) mass is 420 g/mol. The molecular formula is C24H36O6. The summed E-state index contributed by atoms with van der Waals surface area (Å²) in [6.07, 6.45) is 16.1. The summed E-state index contributed by atoms with van der Waals surface area (Å²) in [7, 11) is 0. The number of unbranched alkanes of at least 4 members (excludes halogenated alkanes) is 4. The predicted molar refractivity (Wildman–Crippen MR) is 119 cm³/mol. The summed E-state index contributed by atoms with van der Waals surface area (Å²) < 4.78 is 20.5. The van der Waals surface area contributed by atoms with Gasteiger partial charge < -0.3 is 18.9 Å². The van der Waals surface area contributed by atoms with E-state index in [0.717, 1.165) is 50.7 Å². The Bertz CT molecular complexity index is 549. The molecule has 6 heteroatoms. The first kappa shape index (κ1) is 27.2. The van der Waals surface area contributed by atoms with Gasteiger partial charge in [0, 0.05) is 12.2 Å². The van der Waals surface area contributed by atoms with Crippen LogP contribution in [-0.4, -0.2) is 38.4 Å². The Hall–Kier alpha value is -2.76. The number of rotatable bonds is 18. The zero-order chi connectivity index (χ0) is 22.5. The minimum Gasteiger partial charge on any atom is -0.491 e. The maximum absolute atomic E-state index is 11.5. The van der Waals surface area contributed by atoms with Gasteiger partial charge in [0.1, 0.15) is 37.9 Å². The molecule has 6 nitrogen and oxygen atoms in total. The molecule has 0 saturated carbocycles. The van der Waals surface area contributed by atoms with Crippen molar-refractivity contribution in [2.45, 2.75) is 52.4 Å². The maximum atomic E-state index is 11.5. The predicted octanol–water partition coefficient (Wildman–Crippen LogP) is 5.18. The first-order valence-corrected chi connectivity index (χ1v) is 10.5. The second-order valence-electron chi connectivity index (χ2n) is 6.39. The van der Waals surface area contributed by atoms with Crippen molar-refractivity contribution in [2.75, 3.05) is 26.4 Å². The van der Waals surface area contributed by atoms with Crippen LogP contribution in [0.25, 0.3) is 0 Å². The van der Waals surface area contributed by atoms with E-state index in [2.05, 4.69) is 27.0 Å². The molecule has 0 N–H and O–H groups in total. The summed E-state index contributed by atoms with van der Waals surface area (Å²) in [5.74, 6) is -0.270. The zero-order valence-corrected chi connectivity index (χ0v) is 18.4. The van der Waals surface area contributed by atoms with Crippen LogP contribution in [0.4, 0.5) is 0 Å². The second-order valence-corrected chi connectivity index (χ2v) is 6.39. The Morgan fingerprint density at radius 2 is 1.00 bits per heavy atom. The lowest BCUT2D eigenvalue weighted by molar-refractivity contribution is -0.141. The zero-order valence-electron chi connectivity index (χ0n) is 18.4. The molecule has 0 spiro atoms. The van der Waals surface area contributed by atoms with Gasteiger partial charge in [0.05, 0.1) is 0 Å². The topological polar surface area (TPSA) is 71.1 Å². The Kier molecular flexibility index (Phi) is 17.8. The highest BCUT2D eigenvalue weighted by molar-refractivity contribution is 5.91. The Balaban J connectivity index is 3.79. The van der Waals surface area contributed by atoms with Gasteiger partial charge in [-0.05, 0) is 25.0 Å². The molecule has 0 aromatic rings. The van der Waals surface area contributed by atoms with E-state index in [1.807, 2.05) is 12.2 Å². The molecule has 0 heterocycles. The van der Waals surface area contributed by atoms with Crippen molar-refractivity contribution in [1.82, 2.24) is 0 Å². The van der Waals surface area contributed by atoms with Crippen molar-refractivity contribution in [3.63, 3.8) is 0 Å². The van der Waals surface area contributed by atoms with Gasteiger partial charge in [0.15, 0.2) is 0 Å². The molecule has 0 amide bonds. The number of ether oxygens (including phenoxy) is 4. The van der Waals surface area contributed by atoms with Crippen LogP contribution in [0.1, 0.15) is 52.4 Å². The summed E-state index contributed by atoms with van der Waals surface area (Å²) in [5, 5.41) is 0. The Labute approximate surface area is 180 Å². The van der Waals surface area contributed by atoms with Crippen molar-refractivity contribution in [3.05, 3.63) is 61.1 Å². The van der Waals surface area contributed by atoms with Crippen LogP contribution in [0.15, 0.2) is 61.1 Å². The van der Waals surface area contributed by atoms with E-state index in [4.69, 9.17) is 18.9 Å². The third kappa shape index (κ3) is 18.6. The molecule has 0 rings (SSSR count). The molecule has 168 valence electrons. The van der Waals surface area contributed by atoms with Crippen molar-refractivity contribution >= 4 is 11.9 Å². The van der Waals surface area contributed by atoms with E-state index in [0.29, 0.717) is 11.5 Å². The molecule has 0 fully saturated rings. The highest BCUT2D eigenvalue weighted by Gasteiger charge is 2.02. The molecule has 0 aliphatic heterocycles. The molecule has 30 heavy (non-hydrogen) atoms. The first-order chi connectivity index (χ1) is 14.5. The fourth-order valence-electron chi connectivity index (χ4n) is 2.03. The first-order valence-electron chi connectivity index (χ1n) is 10.5. The molecule has 0 aromatic heterocycles. The van der Waals surface area contributed by atoms with E-state index >= 15 is 0 Å². The van der Waals surface area contributed by atoms with Gasteiger partial charge in [-0.3, -0.25) is 0 Å².